The van der Waals surface area contributed by atoms with Gasteiger partial charge in [-0.3, -0.25) is 4.79 Å². The molecular weight excluding hydrogens is 402 g/mol. The molecule has 0 saturated carbocycles. The Balaban J connectivity index is 2.08. The number of allylic oxidation sites excluding steroid dienone is 2. The van der Waals surface area contributed by atoms with Crippen molar-refractivity contribution in [2.75, 3.05) is 20.2 Å². The molecule has 1 aliphatic carbocycles. The molecule has 7 nitrogen and oxygen atoms in total. The summed E-state index contributed by atoms with van der Waals surface area (Å²) in [5.74, 6) is -0.561. The van der Waals surface area contributed by atoms with E-state index in [1.54, 1.807) is 12.0 Å². The molecule has 32 heavy (non-hydrogen) atoms. The Morgan fingerprint density at radius 2 is 1.84 bits per heavy atom. The lowest BCUT2D eigenvalue weighted by molar-refractivity contribution is -0.129. The van der Waals surface area contributed by atoms with Crippen LogP contribution >= 0.6 is 0 Å². The molecule has 0 saturated heterocycles. The van der Waals surface area contributed by atoms with E-state index in [0.29, 0.717) is 17.9 Å². The number of nitriles is 3. The zero-order valence-electron chi connectivity index (χ0n) is 17.8. The van der Waals surface area contributed by atoms with E-state index in [4.69, 9.17) is 10.5 Å². The number of ether oxygens (including phenoxy) is 1. The summed E-state index contributed by atoms with van der Waals surface area (Å²) in [5.41, 5.74) is 6.20. The third-order valence-corrected chi connectivity index (χ3v) is 6.58. The van der Waals surface area contributed by atoms with E-state index in [9.17, 15) is 20.6 Å². The Morgan fingerprint density at radius 3 is 2.44 bits per heavy atom. The molecule has 158 valence electrons. The maximum absolute atomic E-state index is 12.2. The van der Waals surface area contributed by atoms with Gasteiger partial charge < -0.3 is 15.4 Å². The van der Waals surface area contributed by atoms with Gasteiger partial charge in [-0.05, 0) is 22.6 Å². The lowest BCUT2D eigenvalue weighted by Gasteiger charge is -2.45. The first-order valence-electron chi connectivity index (χ1n) is 10.2. The van der Waals surface area contributed by atoms with E-state index in [-0.39, 0.29) is 23.7 Å². The number of nitrogens with two attached hydrogens (primary N) is 1. The van der Waals surface area contributed by atoms with E-state index in [1.165, 1.54) is 6.92 Å². The third kappa shape index (κ3) is 2.82. The summed E-state index contributed by atoms with van der Waals surface area (Å²) in [7, 11) is 1.59. The predicted octanol–water partition coefficient (Wildman–Crippen LogP) is 3.12. The maximum atomic E-state index is 12.2. The summed E-state index contributed by atoms with van der Waals surface area (Å²) in [6.45, 7) is 2.12. The Kier molecular flexibility index (Phi) is 5.09. The van der Waals surface area contributed by atoms with Gasteiger partial charge in [0.05, 0.1) is 30.5 Å². The molecule has 0 bridgehead atoms. The molecule has 0 spiro atoms. The van der Waals surface area contributed by atoms with E-state index in [0.717, 1.165) is 16.3 Å². The van der Waals surface area contributed by atoms with Gasteiger partial charge in [-0.1, -0.05) is 36.4 Å². The van der Waals surface area contributed by atoms with Gasteiger partial charge in [0, 0.05) is 37.2 Å². The van der Waals surface area contributed by atoms with Crippen LogP contribution in [-0.4, -0.2) is 31.0 Å². The Labute approximate surface area is 186 Å². The highest BCUT2D eigenvalue weighted by Crippen LogP contribution is 2.55. The second-order valence-corrected chi connectivity index (χ2v) is 8.00. The van der Waals surface area contributed by atoms with Crippen LogP contribution in [0.4, 0.5) is 0 Å². The smallest absolute Gasteiger partial charge is 0.219 e. The summed E-state index contributed by atoms with van der Waals surface area (Å²) in [5, 5.41) is 32.1. The first-order chi connectivity index (χ1) is 15.4. The van der Waals surface area contributed by atoms with Crippen LogP contribution in [0.1, 0.15) is 18.4 Å². The number of hydrogen-bond acceptors (Lipinski definition) is 6. The zero-order valence-corrected chi connectivity index (χ0v) is 17.8. The van der Waals surface area contributed by atoms with E-state index in [2.05, 4.69) is 18.2 Å². The molecule has 1 heterocycles. The number of benzene rings is 2. The molecule has 0 radical (unpaired) electrons. The van der Waals surface area contributed by atoms with Gasteiger partial charge in [-0.2, -0.15) is 15.8 Å². The standard InChI is InChI=1S/C25H21N5O2/c1-15(31)30-10-9-17-20(11-26)24(29)25(13-27,14-28)23(21(17)12-30)19-7-8-22(32-2)18-6-4-3-5-16(18)19/h3-9,21,23H,10,12,29H2,1-2H3/t21-,23+/m0/s1. The number of carbonyl (C=O) groups excluding carboxylic acids is 1. The summed E-state index contributed by atoms with van der Waals surface area (Å²) < 4.78 is 5.51. The van der Waals surface area contributed by atoms with Gasteiger partial charge in [-0.15, -0.1) is 0 Å². The SMILES string of the molecule is COc1ccc([C@@H]2[C@H]3CN(C(C)=O)CC=C3C(C#N)=C(N)C2(C#N)C#N)c2ccccc12. The summed E-state index contributed by atoms with van der Waals surface area (Å²) in [6.07, 6.45) is 1.82. The minimum atomic E-state index is -1.76. The fraction of sp³-hybridized carbons (Fsp3) is 0.280. The Bertz CT molecular complexity index is 1300. The van der Waals surface area contributed by atoms with Crippen molar-refractivity contribution in [3.05, 3.63) is 64.9 Å². The van der Waals surface area contributed by atoms with Crippen molar-refractivity contribution in [2.45, 2.75) is 12.8 Å². The number of amides is 1. The second-order valence-electron chi connectivity index (χ2n) is 8.00. The second kappa shape index (κ2) is 7.76. The summed E-state index contributed by atoms with van der Waals surface area (Å²) in [6, 6.07) is 17.7. The number of nitrogens with zero attached hydrogens (tertiary/aromatic N) is 4. The van der Waals surface area contributed by atoms with Crippen molar-refractivity contribution in [1.29, 1.82) is 15.8 Å². The third-order valence-electron chi connectivity index (χ3n) is 6.58. The quantitative estimate of drug-likeness (QED) is 0.791. The maximum Gasteiger partial charge on any atom is 0.219 e. The number of fused-ring (bicyclic) bond motifs is 2. The monoisotopic (exact) mass is 423 g/mol. The molecule has 2 atom stereocenters. The number of carbonyl (C=O) groups is 1. The molecule has 2 aromatic carbocycles. The first-order valence-corrected chi connectivity index (χ1v) is 10.2. The average molecular weight is 423 g/mol. The summed E-state index contributed by atoms with van der Waals surface area (Å²) in [4.78, 5) is 13.8. The van der Waals surface area contributed by atoms with Crippen LogP contribution in [0.2, 0.25) is 0 Å². The van der Waals surface area contributed by atoms with Gasteiger partial charge in [0.2, 0.25) is 5.91 Å². The van der Waals surface area contributed by atoms with Crippen molar-refractivity contribution in [1.82, 2.24) is 4.90 Å². The van der Waals surface area contributed by atoms with Gasteiger partial charge in [-0.25, -0.2) is 0 Å². The number of hydrogen-bond donors (Lipinski definition) is 1. The molecule has 2 N–H and O–H groups in total. The predicted molar refractivity (Wildman–Crippen MR) is 118 cm³/mol. The molecule has 2 aliphatic rings. The molecule has 7 heteroatoms. The van der Waals surface area contributed by atoms with Crippen molar-refractivity contribution in [2.24, 2.45) is 17.1 Å². The van der Waals surface area contributed by atoms with Crippen molar-refractivity contribution < 1.29 is 9.53 Å². The normalized spacial score (nSPS) is 21.6. The lowest BCUT2D eigenvalue weighted by Crippen LogP contribution is -2.49. The largest absolute Gasteiger partial charge is 0.496 e. The summed E-state index contributed by atoms with van der Waals surface area (Å²) >= 11 is 0. The van der Waals surface area contributed by atoms with Crippen LogP contribution in [0.25, 0.3) is 10.8 Å². The highest BCUT2D eigenvalue weighted by molar-refractivity contribution is 5.92. The van der Waals surface area contributed by atoms with Crippen LogP contribution in [0.3, 0.4) is 0 Å². The fourth-order valence-corrected chi connectivity index (χ4v) is 5.02. The average Bonchev–Trinajstić information content (AvgIpc) is 2.82. The zero-order chi connectivity index (χ0) is 23.0. The number of methoxy groups -OCH3 is 1. The fourth-order valence-electron chi connectivity index (χ4n) is 5.02. The molecule has 0 unspecified atom stereocenters. The Hall–Kier alpha value is -4.28. The van der Waals surface area contributed by atoms with E-state index in [1.807, 2.05) is 42.5 Å². The highest BCUT2D eigenvalue weighted by Gasteiger charge is 2.55. The van der Waals surface area contributed by atoms with Gasteiger partial charge in [0.25, 0.3) is 0 Å². The van der Waals surface area contributed by atoms with Crippen LogP contribution in [-0.2, 0) is 4.79 Å². The molecule has 2 aromatic rings. The molecule has 1 amide bonds. The molecule has 0 aromatic heterocycles. The minimum Gasteiger partial charge on any atom is -0.496 e. The van der Waals surface area contributed by atoms with Crippen LogP contribution in [0, 0.1) is 45.3 Å². The van der Waals surface area contributed by atoms with Gasteiger partial charge >= 0.3 is 0 Å². The van der Waals surface area contributed by atoms with E-state index < -0.39 is 17.3 Å². The van der Waals surface area contributed by atoms with Crippen LogP contribution < -0.4 is 10.5 Å². The highest BCUT2D eigenvalue weighted by atomic mass is 16.5. The van der Waals surface area contributed by atoms with Crippen LogP contribution in [0.15, 0.2) is 59.3 Å². The minimum absolute atomic E-state index is 0.0336. The topological polar surface area (TPSA) is 127 Å². The van der Waals surface area contributed by atoms with Crippen molar-refractivity contribution >= 4 is 16.7 Å². The van der Waals surface area contributed by atoms with Gasteiger partial charge in [0.15, 0.2) is 5.41 Å². The molecule has 4 rings (SSSR count). The van der Waals surface area contributed by atoms with Crippen molar-refractivity contribution in [3.8, 4) is 24.0 Å². The molecular formula is C25H21N5O2. The van der Waals surface area contributed by atoms with Gasteiger partial charge in [0.1, 0.15) is 11.8 Å². The lowest BCUT2D eigenvalue weighted by atomic mass is 9.57. The van der Waals surface area contributed by atoms with E-state index >= 15 is 0 Å². The molecule has 0 fully saturated rings. The Morgan fingerprint density at radius 1 is 1.16 bits per heavy atom. The first kappa shape index (κ1) is 21.0. The van der Waals surface area contributed by atoms with Crippen molar-refractivity contribution in [3.63, 3.8) is 0 Å². The van der Waals surface area contributed by atoms with Crippen LogP contribution in [0.5, 0.6) is 5.75 Å². The molecule has 1 aliphatic heterocycles. The number of rotatable bonds is 2.